The van der Waals surface area contributed by atoms with E-state index in [-0.39, 0.29) is 11.8 Å². The maximum absolute atomic E-state index is 11.6. The highest BCUT2D eigenvalue weighted by Crippen LogP contribution is 2.27. The third-order valence-electron chi connectivity index (χ3n) is 3.27. The molecule has 1 saturated heterocycles. The Bertz CT molecular complexity index is 420. The summed E-state index contributed by atoms with van der Waals surface area (Å²) in [5.74, 6) is 1.76. The van der Waals surface area contributed by atoms with Crippen molar-refractivity contribution in [3.8, 4) is 11.5 Å². The maximum atomic E-state index is 11.6. The molecule has 2 rings (SSSR count). The monoisotopic (exact) mass is 263 g/mol. The van der Waals surface area contributed by atoms with Crippen molar-refractivity contribution in [1.29, 1.82) is 0 Å². The number of benzene rings is 1. The second-order valence-electron chi connectivity index (χ2n) is 4.65. The quantitative estimate of drug-likeness (QED) is 0.857. The Kier molecular flexibility index (Phi) is 5.07. The van der Waals surface area contributed by atoms with Crippen LogP contribution in [-0.2, 0) is 4.79 Å². The van der Waals surface area contributed by atoms with Crippen LogP contribution in [0.25, 0.3) is 0 Å². The van der Waals surface area contributed by atoms with Crippen molar-refractivity contribution in [2.24, 2.45) is 5.92 Å². The first kappa shape index (κ1) is 13.7. The molecule has 0 bridgehead atoms. The normalized spacial score (nSPS) is 18.8. The minimum atomic E-state index is 0.0907. The molecule has 0 aromatic heterocycles. The van der Waals surface area contributed by atoms with Gasteiger partial charge in [0.2, 0.25) is 5.91 Å². The summed E-state index contributed by atoms with van der Waals surface area (Å²) in [6.07, 6.45) is 2.78. The van der Waals surface area contributed by atoms with E-state index in [1.54, 1.807) is 0 Å². The average molecular weight is 263 g/mol. The van der Waals surface area contributed by atoms with E-state index in [9.17, 15) is 4.79 Å². The van der Waals surface area contributed by atoms with Crippen LogP contribution in [0, 0.1) is 5.92 Å². The number of para-hydroxylation sites is 2. The minimum absolute atomic E-state index is 0.0907. The Morgan fingerprint density at radius 1 is 1.26 bits per heavy atom. The molecule has 1 aliphatic rings. The van der Waals surface area contributed by atoms with E-state index in [1.165, 1.54) is 0 Å². The van der Waals surface area contributed by atoms with Crippen LogP contribution >= 0.6 is 0 Å². The lowest BCUT2D eigenvalue weighted by atomic mass is 9.96. The molecule has 1 amide bonds. The summed E-state index contributed by atoms with van der Waals surface area (Å²) >= 11 is 0. The SMILES string of the molecule is CCOc1ccccc1OCCC1CCCNC1=O. The molecule has 1 unspecified atom stereocenters. The molecule has 0 saturated carbocycles. The van der Waals surface area contributed by atoms with Crippen molar-refractivity contribution >= 4 is 5.91 Å². The van der Waals surface area contributed by atoms with Gasteiger partial charge in [-0.3, -0.25) is 4.79 Å². The molecule has 1 aliphatic heterocycles. The number of hydrogen-bond acceptors (Lipinski definition) is 3. The lowest BCUT2D eigenvalue weighted by Gasteiger charge is -2.21. The fourth-order valence-corrected chi connectivity index (χ4v) is 2.27. The molecule has 1 N–H and O–H groups in total. The van der Waals surface area contributed by atoms with E-state index >= 15 is 0 Å². The summed E-state index contributed by atoms with van der Waals surface area (Å²) in [7, 11) is 0. The molecule has 1 atom stereocenters. The highest BCUT2D eigenvalue weighted by atomic mass is 16.5. The largest absolute Gasteiger partial charge is 0.490 e. The number of carbonyl (C=O) groups is 1. The predicted molar refractivity (Wildman–Crippen MR) is 73.5 cm³/mol. The third-order valence-corrected chi connectivity index (χ3v) is 3.27. The second kappa shape index (κ2) is 7.02. The Morgan fingerprint density at radius 2 is 2.00 bits per heavy atom. The van der Waals surface area contributed by atoms with Crippen molar-refractivity contribution in [2.75, 3.05) is 19.8 Å². The van der Waals surface area contributed by atoms with Crippen LogP contribution in [0.3, 0.4) is 0 Å². The zero-order valence-corrected chi connectivity index (χ0v) is 11.4. The Hall–Kier alpha value is -1.71. The first-order chi connectivity index (χ1) is 9.31. The summed E-state index contributed by atoms with van der Waals surface area (Å²) in [6, 6.07) is 7.63. The first-order valence-corrected chi connectivity index (χ1v) is 6.93. The van der Waals surface area contributed by atoms with E-state index in [0.717, 1.165) is 37.3 Å². The molecule has 4 nitrogen and oxygen atoms in total. The van der Waals surface area contributed by atoms with Crippen molar-refractivity contribution in [2.45, 2.75) is 26.2 Å². The van der Waals surface area contributed by atoms with Crippen molar-refractivity contribution < 1.29 is 14.3 Å². The van der Waals surface area contributed by atoms with Crippen LogP contribution in [0.2, 0.25) is 0 Å². The fourth-order valence-electron chi connectivity index (χ4n) is 2.27. The lowest BCUT2D eigenvalue weighted by Crippen LogP contribution is -2.37. The lowest BCUT2D eigenvalue weighted by molar-refractivity contribution is -0.127. The minimum Gasteiger partial charge on any atom is -0.490 e. The summed E-state index contributed by atoms with van der Waals surface area (Å²) in [6.45, 7) is 3.92. The van der Waals surface area contributed by atoms with Crippen LogP contribution in [0.4, 0.5) is 0 Å². The molecule has 1 aromatic rings. The molecule has 0 spiro atoms. The molecule has 4 heteroatoms. The van der Waals surface area contributed by atoms with Crippen molar-refractivity contribution in [3.05, 3.63) is 24.3 Å². The molecule has 104 valence electrons. The van der Waals surface area contributed by atoms with Crippen LogP contribution in [0.15, 0.2) is 24.3 Å². The van der Waals surface area contributed by atoms with Gasteiger partial charge in [-0.25, -0.2) is 0 Å². The predicted octanol–water partition coefficient (Wildman–Crippen LogP) is 2.38. The van der Waals surface area contributed by atoms with Crippen LogP contribution < -0.4 is 14.8 Å². The van der Waals surface area contributed by atoms with E-state index in [2.05, 4.69) is 5.32 Å². The van der Waals surface area contributed by atoms with Gasteiger partial charge in [0.1, 0.15) is 0 Å². The van der Waals surface area contributed by atoms with Gasteiger partial charge in [0.25, 0.3) is 0 Å². The fraction of sp³-hybridized carbons (Fsp3) is 0.533. The highest BCUT2D eigenvalue weighted by molar-refractivity contribution is 5.79. The molecule has 1 aromatic carbocycles. The Morgan fingerprint density at radius 3 is 2.68 bits per heavy atom. The van der Waals surface area contributed by atoms with Crippen molar-refractivity contribution in [3.63, 3.8) is 0 Å². The number of nitrogens with one attached hydrogen (secondary N) is 1. The number of amides is 1. The summed E-state index contributed by atoms with van der Waals surface area (Å²) in [4.78, 5) is 11.6. The standard InChI is InChI=1S/C15H21NO3/c1-2-18-13-7-3-4-8-14(13)19-11-9-12-6-5-10-16-15(12)17/h3-4,7-8,12H,2,5-6,9-11H2,1H3,(H,16,17). The second-order valence-corrected chi connectivity index (χ2v) is 4.65. The van der Waals surface area contributed by atoms with Gasteiger partial charge in [-0.15, -0.1) is 0 Å². The summed E-state index contributed by atoms with van der Waals surface area (Å²) < 4.78 is 11.2. The van der Waals surface area contributed by atoms with Crippen LogP contribution in [0.1, 0.15) is 26.2 Å². The van der Waals surface area contributed by atoms with Gasteiger partial charge in [-0.2, -0.15) is 0 Å². The smallest absolute Gasteiger partial charge is 0.223 e. The number of hydrogen-bond donors (Lipinski definition) is 1. The van der Waals surface area contributed by atoms with E-state index < -0.39 is 0 Å². The molecule has 0 radical (unpaired) electrons. The van der Waals surface area contributed by atoms with Gasteiger partial charge in [-0.05, 0) is 38.3 Å². The molecule has 0 aliphatic carbocycles. The first-order valence-electron chi connectivity index (χ1n) is 6.93. The number of rotatable bonds is 6. The summed E-state index contributed by atoms with van der Waals surface area (Å²) in [5, 5.41) is 2.89. The topological polar surface area (TPSA) is 47.6 Å². The van der Waals surface area contributed by atoms with Gasteiger partial charge in [0, 0.05) is 12.5 Å². The number of carbonyl (C=O) groups excluding carboxylic acids is 1. The molecular weight excluding hydrogens is 242 g/mol. The molecular formula is C15H21NO3. The van der Waals surface area contributed by atoms with Crippen LogP contribution in [0.5, 0.6) is 11.5 Å². The van der Waals surface area contributed by atoms with Crippen molar-refractivity contribution in [1.82, 2.24) is 5.32 Å². The van der Waals surface area contributed by atoms with E-state index in [4.69, 9.17) is 9.47 Å². The number of piperidine rings is 1. The summed E-state index contributed by atoms with van der Waals surface area (Å²) in [5.41, 5.74) is 0. The van der Waals surface area contributed by atoms with Gasteiger partial charge < -0.3 is 14.8 Å². The number of ether oxygens (including phenoxy) is 2. The third kappa shape index (κ3) is 3.88. The molecule has 19 heavy (non-hydrogen) atoms. The maximum Gasteiger partial charge on any atom is 0.223 e. The molecule has 1 fully saturated rings. The van der Waals surface area contributed by atoms with Crippen LogP contribution in [-0.4, -0.2) is 25.7 Å². The van der Waals surface area contributed by atoms with Gasteiger partial charge in [0.05, 0.1) is 13.2 Å². The van der Waals surface area contributed by atoms with E-state index in [1.807, 2.05) is 31.2 Å². The Labute approximate surface area is 114 Å². The molecule has 1 heterocycles. The van der Waals surface area contributed by atoms with E-state index in [0.29, 0.717) is 13.2 Å². The van der Waals surface area contributed by atoms with Gasteiger partial charge in [-0.1, -0.05) is 12.1 Å². The van der Waals surface area contributed by atoms with Gasteiger partial charge >= 0.3 is 0 Å². The Balaban J connectivity index is 1.83. The zero-order valence-electron chi connectivity index (χ0n) is 11.4. The van der Waals surface area contributed by atoms with Gasteiger partial charge in [0.15, 0.2) is 11.5 Å². The zero-order chi connectivity index (χ0) is 13.5. The highest BCUT2D eigenvalue weighted by Gasteiger charge is 2.21. The average Bonchev–Trinajstić information content (AvgIpc) is 2.43.